The fourth-order valence-corrected chi connectivity index (χ4v) is 3.94. The molecule has 2 N–H and O–H groups in total. The van der Waals surface area contributed by atoms with E-state index in [2.05, 4.69) is 15.7 Å². The zero-order chi connectivity index (χ0) is 22.8. The molecule has 0 aliphatic heterocycles. The lowest BCUT2D eigenvalue weighted by Crippen LogP contribution is -2.29. The summed E-state index contributed by atoms with van der Waals surface area (Å²) in [6, 6.07) is 7.47. The van der Waals surface area contributed by atoms with Crippen LogP contribution in [0, 0.1) is 6.92 Å². The summed E-state index contributed by atoms with van der Waals surface area (Å²) in [5.41, 5.74) is -0.433. The monoisotopic (exact) mass is 470 g/mol. The number of amides is 2. The third kappa shape index (κ3) is 5.65. The number of hydrogen-bond acceptors (Lipinski definition) is 4. The zero-order valence-electron chi connectivity index (χ0n) is 16.5. The van der Waals surface area contributed by atoms with Gasteiger partial charge in [0.05, 0.1) is 34.4 Å². The van der Waals surface area contributed by atoms with Crippen LogP contribution in [-0.2, 0) is 15.8 Å². The normalized spacial score (nSPS) is 12.5. The van der Waals surface area contributed by atoms with Crippen molar-refractivity contribution in [3.05, 3.63) is 62.9 Å². The zero-order valence-corrected chi connectivity index (χ0v) is 18.0. The van der Waals surface area contributed by atoms with Crippen LogP contribution < -0.4 is 10.6 Å². The smallest absolute Gasteiger partial charge is 0.348 e. The van der Waals surface area contributed by atoms with Gasteiger partial charge >= 0.3 is 6.18 Å². The molecule has 0 radical (unpaired) electrons. The Morgan fingerprint density at radius 2 is 2.00 bits per heavy atom. The van der Waals surface area contributed by atoms with Crippen molar-refractivity contribution >= 4 is 40.6 Å². The number of carbonyl (C=O) groups excluding carboxylic acids is 2. The van der Waals surface area contributed by atoms with Gasteiger partial charge in [-0.3, -0.25) is 9.59 Å². The molecule has 3 rings (SSSR count). The predicted molar refractivity (Wildman–Crippen MR) is 112 cm³/mol. The van der Waals surface area contributed by atoms with Gasteiger partial charge in [0, 0.05) is 17.9 Å². The molecular formula is C20H18ClF3N4O2S. The minimum Gasteiger partial charge on any atom is -0.348 e. The SMILES string of the molecule is CC(=O)NC(CC(=O)Nc1cc(C)nn1-c1cc(C(F)(F)F)ccc1Cl)c1cccs1. The standard InChI is InChI=1S/C20H18ClF3N4O2S/c1-11-8-18(26-19(30)10-15(25-12(2)29)17-4-3-7-31-17)28(27-11)16-9-13(20(22,23)24)5-6-14(16)21/h3-9,15H,10H2,1-2H3,(H,25,29)(H,26,30). The minimum atomic E-state index is -4.56. The highest BCUT2D eigenvalue weighted by Gasteiger charge is 2.31. The van der Waals surface area contributed by atoms with E-state index in [1.165, 1.54) is 24.3 Å². The van der Waals surface area contributed by atoms with Gasteiger partial charge in [0.25, 0.3) is 0 Å². The Morgan fingerprint density at radius 1 is 1.26 bits per heavy atom. The summed E-state index contributed by atoms with van der Waals surface area (Å²) in [7, 11) is 0. The summed E-state index contributed by atoms with van der Waals surface area (Å²) in [4.78, 5) is 25.0. The Bertz CT molecular complexity index is 1100. The van der Waals surface area contributed by atoms with Crippen LogP contribution in [0.15, 0.2) is 41.8 Å². The number of nitrogens with zero attached hydrogens (tertiary/aromatic N) is 2. The summed E-state index contributed by atoms with van der Waals surface area (Å²) in [6.45, 7) is 2.99. The van der Waals surface area contributed by atoms with E-state index in [0.29, 0.717) is 5.69 Å². The van der Waals surface area contributed by atoms with Crippen molar-refractivity contribution in [2.24, 2.45) is 0 Å². The Morgan fingerprint density at radius 3 is 2.61 bits per heavy atom. The van der Waals surface area contributed by atoms with Crippen molar-refractivity contribution in [1.29, 1.82) is 0 Å². The van der Waals surface area contributed by atoms with E-state index in [1.807, 2.05) is 5.38 Å². The number of thiophene rings is 1. The van der Waals surface area contributed by atoms with Crippen molar-refractivity contribution in [2.75, 3.05) is 5.32 Å². The molecule has 2 amide bonds. The average Bonchev–Trinajstić information content (AvgIpc) is 3.30. The molecule has 2 heterocycles. The fourth-order valence-electron chi connectivity index (χ4n) is 2.96. The van der Waals surface area contributed by atoms with Crippen LogP contribution in [0.1, 0.15) is 35.5 Å². The van der Waals surface area contributed by atoms with Crippen LogP contribution in [0.2, 0.25) is 5.02 Å². The number of halogens is 4. The van der Waals surface area contributed by atoms with E-state index < -0.39 is 23.7 Å². The quantitative estimate of drug-likeness (QED) is 0.525. The molecule has 31 heavy (non-hydrogen) atoms. The molecule has 0 spiro atoms. The first-order valence-electron chi connectivity index (χ1n) is 9.08. The van der Waals surface area contributed by atoms with Crippen LogP contribution in [0.3, 0.4) is 0 Å². The molecule has 1 unspecified atom stereocenters. The first-order valence-corrected chi connectivity index (χ1v) is 10.3. The molecule has 1 atom stereocenters. The first kappa shape index (κ1) is 22.8. The summed E-state index contributed by atoms with van der Waals surface area (Å²) in [6.07, 6.45) is -4.63. The lowest BCUT2D eigenvalue weighted by Gasteiger charge is -2.17. The largest absolute Gasteiger partial charge is 0.416 e. The molecule has 2 aromatic heterocycles. The number of hydrogen-bond donors (Lipinski definition) is 2. The Kier molecular flexibility index (Phi) is 6.71. The molecule has 0 saturated carbocycles. The number of rotatable bonds is 6. The maximum atomic E-state index is 13.1. The highest BCUT2D eigenvalue weighted by molar-refractivity contribution is 7.10. The second kappa shape index (κ2) is 9.11. The van der Waals surface area contributed by atoms with Gasteiger partial charge in [-0.05, 0) is 36.6 Å². The number of anilines is 1. The molecule has 1 aromatic carbocycles. The summed E-state index contributed by atoms with van der Waals surface area (Å²) in [5, 5.41) is 11.4. The summed E-state index contributed by atoms with van der Waals surface area (Å²) >= 11 is 7.52. The number of nitrogens with one attached hydrogen (secondary N) is 2. The molecule has 0 aliphatic carbocycles. The molecule has 6 nitrogen and oxygen atoms in total. The van der Waals surface area contributed by atoms with E-state index >= 15 is 0 Å². The predicted octanol–water partition coefficient (Wildman–Crippen LogP) is 5.12. The molecule has 0 bridgehead atoms. The molecule has 0 aliphatic rings. The van der Waals surface area contributed by atoms with E-state index in [9.17, 15) is 22.8 Å². The number of benzene rings is 1. The molecule has 164 valence electrons. The van der Waals surface area contributed by atoms with Crippen LogP contribution in [0.4, 0.5) is 19.0 Å². The number of aromatic nitrogens is 2. The van der Waals surface area contributed by atoms with E-state index in [-0.39, 0.29) is 28.9 Å². The van der Waals surface area contributed by atoms with Crippen molar-refractivity contribution in [1.82, 2.24) is 15.1 Å². The van der Waals surface area contributed by atoms with Crippen LogP contribution in [0.5, 0.6) is 0 Å². The third-order valence-electron chi connectivity index (χ3n) is 4.25. The van der Waals surface area contributed by atoms with Crippen LogP contribution in [0.25, 0.3) is 5.69 Å². The lowest BCUT2D eigenvalue weighted by atomic mass is 10.1. The van der Waals surface area contributed by atoms with Gasteiger partial charge in [-0.2, -0.15) is 18.3 Å². The first-order chi connectivity index (χ1) is 14.5. The van der Waals surface area contributed by atoms with Gasteiger partial charge in [-0.1, -0.05) is 17.7 Å². The summed E-state index contributed by atoms with van der Waals surface area (Å²) < 4.78 is 40.6. The van der Waals surface area contributed by atoms with E-state index in [0.717, 1.165) is 27.8 Å². The Hall–Kier alpha value is -2.85. The van der Waals surface area contributed by atoms with Crippen LogP contribution >= 0.6 is 22.9 Å². The van der Waals surface area contributed by atoms with Crippen molar-refractivity contribution < 1.29 is 22.8 Å². The van der Waals surface area contributed by atoms with Crippen LogP contribution in [-0.4, -0.2) is 21.6 Å². The van der Waals surface area contributed by atoms with Gasteiger partial charge in [0.15, 0.2) is 0 Å². The summed E-state index contributed by atoms with van der Waals surface area (Å²) in [5.74, 6) is -0.573. The van der Waals surface area contributed by atoms with Crippen molar-refractivity contribution in [3.8, 4) is 5.69 Å². The van der Waals surface area contributed by atoms with E-state index in [1.54, 1.807) is 19.1 Å². The fraction of sp³-hybridized carbons (Fsp3) is 0.250. The van der Waals surface area contributed by atoms with Crippen molar-refractivity contribution in [3.63, 3.8) is 0 Å². The molecule has 3 aromatic rings. The average molecular weight is 471 g/mol. The Balaban J connectivity index is 1.87. The molecule has 0 fully saturated rings. The number of aryl methyl sites for hydroxylation is 1. The topological polar surface area (TPSA) is 76.0 Å². The van der Waals surface area contributed by atoms with Gasteiger partial charge < -0.3 is 10.6 Å². The maximum Gasteiger partial charge on any atom is 0.416 e. The highest BCUT2D eigenvalue weighted by Crippen LogP contribution is 2.34. The maximum absolute atomic E-state index is 13.1. The van der Waals surface area contributed by atoms with Gasteiger partial charge in [0.1, 0.15) is 5.82 Å². The molecular weight excluding hydrogens is 453 g/mol. The van der Waals surface area contributed by atoms with Gasteiger partial charge in [0.2, 0.25) is 11.8 Å². The van der Waals surface area contributed by atoms with Gasteiger partial charge in [-0.25, -0.2) is 4.68 Å². The molecule has 0 saturated heterocycles. The highest BCUT2D eigenvalue weighted by atomic mass is 35.5. The van der Waals surface area contributed by atoms with Gasteiger partial charge in [-0.15, -0.1) is 11.3 Å². The molecule has 11 heteroatoms. The third-order valence-corrected chi connectivity index (χ3v) is 5.56. The minimum absolute atomic E-state index is 0.0171. The number of carbonyl (C=O) groups is 2. The second-order valence-corrected chi connectivity index (χ2v) is 8.15. The second-order valence-electron chi connectivity index (χ2n) is 6.77. The lowest BCUT2D eigenvalue weighted by molar-refractivity contribution is -0.137. The van der Waals surface area contributed by atoms with E-state index in [4.69, 9.17) is 11.6 Å². The number of alkyl halides is 3. The van der Waals surface area contributed by atoms with Crippen molar-refractivity contribution in [2.45, 2.75) is 32.5 Å². The Labute approximate surface area is 185 Å².